The summed E-state index contributed by atoms with van der Waals surface area (Å²) < 4.78 is 28.8. The van der Waals surface area contributed by atoms with Crippen molar-refractivity contribution in [2.45, 2.75) is 12.5 Å². The standard InChI is InChI=1S/C21H16F2N4O/c22-16-6-1-4-14(10-16)11-19(15-5-2-7-17(23)12-15)26-21(28)18-13-25-27-9-3-8-24-20(18)27/h1-10,12-13,19H,11H2,(H,26,28)/t19-/m0/s1. The average Bonchev–Trinajstić information content (AvgIpc) is 3.12. The molecular formula is C21H16F2N4O. The summed E-state index contributed by atoms with van der Waals surface area (Å²) in [5.74, 6) is -1.17. The molecule has 28 heavy (non-hydrogen) atoms. The molecular weight excluding hydrogens is 362 g/mol. The fraction of sp³-hybridized carbons (Fsp3) is 0.0952. The molecule has 0 saturated heterocycles. The summed E-state index contributed by atoms with van der Waals surface area (Å²) in [7, 11) is 0. The molecule has 2 heterocycles. The molecule has 0 aliphatic heterocycles. The number of amides is 1. The van der Waals surface area contributed by atoms with Gasteiger partial charge in [0.05, 0.1) is 12.2 Å². The largest absolute Gasteiger partial charge is 0.345 e. The highest BCUT2D eigenvalue weighted by atomic mass is 19.1. The van der Waals surface area contributed by atoms with E-state index in [9.17, 15) is 13.6 Å². The highest BCUT2D eigenvalue weighted by Crippen LogP contribution is 2.21. The Morgan fingerprint density at radius 1 is 1.07 bits per heavy atom. The van der Waals surface area contributed by atoms with Gasteiger partial charge in [0.15, 0.2) is 5.65 Å². The van der Waals surface area contributed by atoms with Crippen LogP contribution < -0.4 is 5.32 Å². The first-order valence-corrected chi connectivity index (χ1v) is 8.69. The molecule has 2 aromatic heterocycles. The van der Waals surface area contributed by atoms with Gasteiger partial charge in [-0.1, -0.05) is 24.3 Å². The normalized spacial score (nSPS) is 12.1. The molecule has 1 amide bonds. The summed E-state index contributed by atoms with van der Waals surface area (Å²) in [5.41, 5.74) is 2.00. The third-order valence-electron chi connectivity index (χ3n) is 4.41. The first-order chi connectivity index (χ1) is 13.6. The Hall–Kier alpha value is -3.61. The zero-order valence-electron chi connectivity index (χ0n) is 14.7. The third-order valence-corrected chi connectivity index (χ3v) is 4.41. The molecule has 0 saturated carbocycles. The van der Waals surface area contributed by atoms with E-state index in [1.165, 1.54) is 35.0 Å². The number of fused-ring (bicyclic) bond motifs is 1. The lowest BCUT2D eigenvalue weighted by Crippen LogP contribution is -2.30. The molecule has 0 aliphatic rings. The van der Waals surface area contributed by atoms with Crippen molar-refractivity contribution in [1.82, 2.24) is 19.9 Å². The van der Waals surface area contributed by atoms with E-state index in [0.29, 0.717) is 28.8 Å². The highest BCUT2D eigenvalue weighted by molar-refractivity contribution is 5.99. The highest BCUT2D eigenvalue weighted by Gasteiger charge is 2.20. The number of hydrogen-bond donors (Lipinski definition) is 1. The third kappa shape index (κ3) is 3.73. The number of rotatable bonds is 5. The molecule has 0 radical (unpaired) electrons. The maximum atomic E-state index is 13.8. The van der Waals surface area contributed by atoms with Gasteiger partial charge in [0.25, 0.3) is 5.91 Å². The minimum atomic E-state index is -0.552. The maximum Gasteiger partial charge on any atom is 0.257 e. The number of nitrogens with zero attached hydrogens (tertiary/aromatic N) is 3. The molecule has 5 nitrogen and oxygen atoms in total. The Kier molecular flexibility index (Phi) is 4.80. The van der Waals surface area contributed by atoms with Crippen molar-refractivity contribution in [3.05, 3.63) is 102 Å². The molecule has 4 rings (SSSR count). The Bertz CT molecular complexity index is 1140. The average molecular weight is 378 g/mol. The molecule has 4 aromatic rings. The SMILES string of the molecule is O=C(N[C@@H](Cc1cccc(F)c1)c1cccc(F)c1)c1cnn2cccnc12. The van der Waals surface area contributed by atoms with E-state index >= 15 is 0 Å². The van der Waals surface area contributed by atoms with Gasteiger partial charge in [0.2, 0.25) is 0 Å². The molecule has 140 valence electrons. The fourth-order valence-electron chi connectivity index (χ4n) is 3.10. The van der Waals surface area contributed by atoms with Gasteiger partial charge in [-0.05, 0) is 47.9 Å². The predicted octanol–water partition coefficient (Wildman–Crippen LogP) is 3.72. The van der Waals surface area contributed by atoms with Crippen LogP contribution in [-0.4, -0.2) is 20.5 Å². The van der Waals surface area contributed by atoms with Crippen molar-refractivity contribution in [3.8, 4) is 0 Å². The summed E-state index contributed by atoms with van der Waals surface area (Å²) >= 11 is 0. The summed E-state index contributed by atoms with van der Waals surface area (Å²) in [6.07, 6.45) is 5.00. The van der Waals surface area contributed by atoms with Crippen LogP contribution in [0.4, 0.5) is 8.78 Å². The molecule has 0 unspecified atom stereocenters. The smallest absolute Gasteiger partial charge is 0.257 e. The Balaban J connectivity index is 1.66. The van der Waals surface area contributed by atoms with Crippen LogP contribution in [0.25, 0.3) is 5.65 Å². The Labute approximate surface area is 159 Å². The number of nitrogens with one attached hydrogen (secondary N) is 1. The summed E-state index contributed by atoms with van der Waals surface area (Å²) in [6.45, 7) is 0. The number of carbonyl (C=O) groups excluding carboxylic acids is 1. The van der Waals surface area contributed by atoms with Crippen molar-refractivity contribution >= 4 is 11.6 Å². The van der Waals surface area contributed by atoms with E-state index in [0.717, 1.165) is 0 Å². The topological polar surface area (TPSA) is 59.3 Å². The van der Waals surface area contributed by atoms with Crippen LogP contribution >= 0.6 is 0 Å². The van der Waals surface area contributed by atoms with Gasteiger partial charge in [-0.15, -0.1) is 0 Å². The van der Waals surface area contributed by atoms with Gasteiger partial charge in [0, 0.05) is 12.4 Å². The quantitative estimate of drug-likeness (QED) is 0.576. The van der Waals surface area contributed by atoms with E-state index in [1.54, 1.807) is 42.7 Å². The first-order valence-electron chi connectivity index (χ1n) is 8.69. The van der Waals surface area contributed by atoms with Crippen LogP contribution in [0.1, 0.15) is 27.5 Å². The molecule has 1 atom stereocenters. The Morgan fingerprint density at radius 3 is 2.64 bits per heavy atom. The second kappa shape index (κ2) is 7.56. The zero-order chi connectivity index (χ0) is 19.5. The van der Waals surface area contributed by atoms with E-state index in [1.807, 2.05) is 0 Å². The molecule has 2 aromatic carbocycles. The first kappa shape index (κ1) is 17.8. The summed E-state index contributed by atoms with van der Waals surface area (Å²) in [6, 6.07) is 13.3. The summed E-state index contributed by atoms with van der Waals surface area (Å²) in [5, 5.41) is 7.01. The van der Waals surface area contributed by atoms with Gasteiger partial charge >= 0.3 is 0 Å². The number of halogens is 2. The zero-order valence-corrected chi connectivity index (χ0v) is 14.7. The lowest BCUT2D eigenvalue weighted by atomic mass is 9.98. The van der Waals surface area contributed by atoms with E-state index in [-0.39, 0.29) is 11.7 Å². The molecule has 0 aliphatic carbocycles. The second-order valence-electron chi connectivity index (χ2n) is 6.36. The van der Waals surface area contributed by atoms with Crippen LogP contribution in [0.2, 0.25) is 0 Å². The molecule has 0 spiro atoms. The molecule has 0 bridgehead atoms. The summed E-state index contributed by atoms with van der Waals surface area (Å²) in [4.78, 5) is 17.1. The van der Waals surface area contributed by atoms with E-state index in [2.05, 4.69) is 15.4 Å². The minimum absolute atomic E-state index is 0.305. The van der Waals surface area contributed by atoms with Crippen molar-refractivity contribution in [2.24, 2.45) is 0 Å². The molecule has 1 N–H and O–H groups in total. The van der Waals surface area contributed by atoms with Crippen LogP contribution in [-0.2, 0) is 6.42 Å². The van der Waals surface area contributed by atoms with Crippen molar-refractivity contribution in [2.75, 3.05) is 0 Å². The van der Waals surface area contributed by atoms with Gasteiger partial charge in [-0.3, -0.25) is 4.79 Å². The van der Waals surface area contributed by atoms with Crippen molar-refractivity contribution < 1.29 is 13.6 Å². The van der Waals surface area contributed by atoms with Crippen LogP contribution in [0.3, 0.4) is 0 Å². The second-order valence-corrected chi connectivity index (χ2v) is 6.36. The van der Waals surface area contributed by atoms with Crippen molar-refractivity contribution in [3.63, 3.8) is 0 Å². The van der Waals surface area contributed by atoms with Crippen LogP contribution in [0.15, 0.2) is 73.2 Å². The lowest BCUT2D eigenvalue weighted by molar-refractivity contribution is 0.0938. The maximum absolute atomic E-state index is 13.8. The van der Waals surface area contributed by atoms with E-state index in [4.69, 9.17) is 0 Å². The van der Waals surface area contributed by atoms with Crippen molar-refractivity contribution in [1.29, 1.82) is 0 Å². The van der Waals surface area contributed by atoms with E-state index < -0.39 is 11.9 Å². The monoisotopic (exact) mass is 378 g/mol. The minimum Gasteiger partial charge on any atom is -0.345 e. The van der Waals surface area contributed by atoms with Gasteiger partial charge in [-0.2, -0.15) is 5.10 Å². The van der Waals surface area contributed by atoms with Crippen LogP contribution in [0, 0.1) is 11.6 Å². The van der Waals surface area contributed by atoms with Crippen LogP contribution in [0.5, 0.6) is 0 Å². The lowest BCUT2D eigenvalue weighted by Gasteiger charge is -2.19. The predicted molar refractivity (Wildman–Crippen MR) is 99.7 cm³/mol. The molecule has 7 heteroatoms. The van der Waals surface area contributed by atoms with Gasteiger partial charge in [-0.25, -0.2) is 18.3 Å². The number of aromatic nitrogens is 3. The Morgan fingerprint density at radius 2 is 1.86 bits per heavy atom. The molecule has 0 fully saturated rings. The number of benzene rings is 2. The number of hydrogen-bond acceptors (Lipinski definition) is 3. The van der Waals surface area contributed by atoms with Gasteiger partial charge < -0.3 is 5.32 Å². The number of carbonyl (C=O) groups is 1. The fourth-order valence-corrected chi connectivity index (χ4v) is 3.10. The van der Waals surface area contributed by atoms with Gasteiger partial charge in [0.1, 0.15) is 17.2 Å².